The second-order valence-corrected chi connectivity index (χ2v) is 8.64. The van der Waals surface area contributed by atoms with E-state index in [9.17, 15) is 9.59 Å². The van der Waals surface area contributed by atoms with Crippen molar-refractivity contribution in [3.63, 3.8) is 0 Å². The molecule has 0 aromatic heterocycles. The summed E-state index contributed by atoms with van der Waals surface area (Å²) in [6.07, 6.45) is 2.30. The number of nitrogens with one attached hydrogen (secondary N) is 1. The van der Waals surface area contributed by atoms with Crippen LogP contribution in [-0.4, -0.2) is 47.3 Å². The summed E-state index contributed by atoms with van der Waals surface area (Å²) in [5.74, 6) is 0.521. The lowest BCUT2D eigenvalue weighted by Crippen LogP contribution is -2.34. The molecule has 2 amide bonds. The summed E-state index contributed by atoms with van der Waals surface area (Å²) < 4.78 is 0. The minimum Gasteiger partial charge on any atom is -0.339 e. The van der Waals surface area contributed by atoms with Gasteiger partial charge in [-0.15, -0.1) is 0 Å². The van der Waals surface area contributed by atoms with Crippen LogP contribution < -0.4 is 5.32 Å². The average Bonchev–Trinajstić information content (AvgIpc) is 3.60. The molecule has 5 heteroatoms. The molecular formula is C26H35N3O2. The van der Waals surface area contributed by atoms with E-state index >= 15 is 0 Å². The molecule has 0 heterocycles. The Balaban J connectivity index is 1.57. The van der Waals surface area contributed by atoms with Gasteiger partial charge in [-0.3, -0.25) is 14.5 Å². The Morgan fingerprint density at radius 3 is 2.10 bits per heavy atom. The summed E-state index contributed by atoms with van der Waals surface area (Å²) in [5, 5.41) is 2.98. The number of benzene rings is 2. The highest BCUT2D eigenvalue weighted by Gasteiger charge is 2.30. The van der Waals surface area contributed by atoms with Crippen LogP contribution in [0.2, 0.25) is 0 Å². The van der Waals surface area contributed by atoms with E-state index in [4.69, 9.17) is 0 Å². The van der Waals surface area contributed by atoms with Gasteiger partial charge in [0.25, 0.3) is 5.91 Å². The van der Waals surface area contributed by atoms with Crippen LogP contribution in [0.3, 0.4) is 0 Å². The molecule has 0 saturated heterocycles. The number of hydrogen-bond donors (Lipinski definition) is 1. The molecule has 0 spiro atoms. The van der Waals surface area contributed by atoms with Crippen LogP contribution >= 0.6 is 0 Å². The number of nitrogens with zero attached hydrogens (tertiary/aromatic N) is 2. The molecule has 3 rings (SSSR count). The van der Waals surface area contributed by atoms with Crippen molar-refractivity contribution in [3.8, 4) is 0 Å². The molecule has 1 aliphatic rings. The van der Waals surface area contributed by atoms with Crippen molar-refractivity contribution in [2.75, 3.05) is 25.0 Å². The first kappa shape index (κ1) is 23.0. The van der Waals surface area contributed by atoms with Gasteiger partial charge in [0.1, 0.15) is 0 Å². The van der Waals surface area contributed by atoms with Crippen LogP contribution in [0, 0.1) is 0 Å². The summed E-state index contributed by atoms with van der Waals surface area (Å²) in [4.78, 5) is 29.2. The van der Waals surface area contributed by atoms with E-state index in [-0.39, 0.29) is 11.8 Å². The Bertz CT molecular complexity index is 867. The van der Waals surface area contributed by atoms with Gasteiger partial charge in [-0.2, -0.15) is 0 Å². The molecule has 0 unspecified atom stereocenters. The van der Waals surface area contributed by atoms with Crippen LogP contribution in [-0.2, 0) is 11.3 Å². The molecule has 0 radical (unpaired) electrons. The molecule has 0 bridgehead atoms. The van der Waals surface area contributed by atoms with Crippen LogP contribution in [0.4, 0.5) is 5.69 Å². The van der Waals surface area contributed by atoms with E-state index in [1.807, 2.05) is 13.8 Å². The minimum absolute atomic E-state index is 0.0197. The lowest BCUT2D eigenvalue weighted by Gasteiger charge is -2.22. The number of rotatable bonds is 10. The summed E-state index contributed by atoms with van der Waals surface area (Å²) >= 11 is 0. The fraction of sp³-hybridized carbons (Fsp3) is 0.462. The molecule has 0 atom stereocenters. The van der Waals surface area contributed by atoms with Crippen LogP contribution in [0.15, 0.2) is 48.5 Å². The zero-order valence-electron chi connectivity index (χ0n) is 19.2. The van der Waals surface area contributed by atoms with Crippen molar-refractivity contribution in [2.45, 2.75) is 59.0 Å². The van der Waals surface area contributed by atoms with Gasteiger partial charge in [0.05, 0.1) is 6.54 Å². The SMILES string of the molecule is CCN(CC)C(=O)c1ccc(NC(=O)CN(Cc2ccc(C(C)C)cc2)C2CC2)cc1. The van der Waals surface area contributed by atoms with E-state index in [0.717, 1.165) is 25.1 Å². The Labute approximate surface area is 186 Å². The van der Waals surface area contributed by atoms with E-state index in [1.165, 1.54) is 11.1 Å². The van der Waals surface area contributed by atoms with Crippen molar-refractivity contribution in [1.82, 2.24) is 9.80 Å². The molecule has 2 aromatic carbocycles. The largest absolute Gasteiger partial charge is 0.339 e. The molecule has 31 heavy (non-hydrogen) atoms. The van der Waals surface area contributed by atoms with Crippen LogP contribution in [0.5, 0.6) is 0 Å². The Hall–Kier alpha value is -2.66. The second-order valence-electron chi connectivity index (χ2n) is 8.64. The first-order valence-electron chi connectivity index (χ1n) is 11.4. The third-order valence-corrected chi connectivity index (χ3v) is 5.91. The molecule has 1 saturated carbocycles. The molecule has 5 nitrogen and oxygen atoms in total. The van der Waals surface area contributed by atoms with Gasteiger partial charge in [-0.1, -0.05) is 38.1 Å². The topological polar surface area (TPSA) is 52.7 Å². The van der Waals surface area contributed by atoms with Gasteiger partial charge < -0.3 is 10.2 Å². The zero-order chi connectivity index (χ0) is 22.4. The van der Waals surface area contributed by atoms with E-state index in [1.54, 1.807) is 29.2 Å². The monoisotopic (exact) mass is 421 g/mol. The normalized spacial score (nSPS) is 13.5. The number of anilines is 1. The van der Waals surface area contributed by atoms with Crippen molar-refractivity contribution in [1.29, 1.82) is 0 Å². The maximum atomic E-state index is 12.7. The zero-order valence-corrected chi connectivity index (χ0v) is 19.2. The van der Waals surface area contributed by atoms with Crippen molar-refractivity contribution in [3.05, 3.63) is 65.2 Å². The predicted molar refractivity (Wildman–Crippen MR) is 126 cm³/mol. The number of carbonyl (C=O) groups is 2. The van der Waals surface area contributed by atoms with Gasteiger partial charge in [-0.25, -0.2) is 0 Å². The highest BCUT2D eigenvalue weighted by atomic mass is 16.2. The van der Waals surface area contributed by atoms with Crippen molar-refractivity contribution in [2.24, 2.45) is 0 Å². The molecule has 2 aromatic rings. The van der Waals surface area contributed by atoms with Crippen molar-refractivity contribution >= 4 is 17.5 Å². The van der Waals surface area contributed by atoms with Gasteiger partial charge in [0.15, 0.2) is 0 Å². The smallest absolute Gasteiger partial charge is 0.253 e. The molecule has 0 aliphatic heterocycles. The Morgan fingerprint density at radius 1 is 0.968 bits per heavy atom. The van der Waals surface area contributed by atoms with Gasteiger partial charge in [0.2, 0.25) is 5.91 Å². The fourth-order valence-electron chi connectivity index (χ4n) is 3.77. The number of hydrogen-bond acceptors (Lipinski definition) is 3. The standard InChI is InChI=1S/C26H35N3O2/c1-5-28(6-2)26(31)22-11-13-23(14-12-22)27-25(30)18-29(24-15-16-24)17-20-7-9-21(10-8-20)19(3)4/h7-14,19,24H,5-6,15-18H2,1-4H3,(H,27,30). The first-order valence-corrected chi connectivity index (χ1v) is 11.4. The molecular weight excluding hydrogens is 386 g/mol. The maximum Gasteiger partial charge on any atom is 0.253 e. The van der Waals surface area contributed by atoms with Gasteiger partial charge >= 0.3 is 0 Å². The summed E-state index contributed by atoms with van der Waals surface area (Å²) in [6.45, 7) is 10.9. The van der Waals surface area contributed by atoms with E-state index < -0.39 is 0 Å². The number of carbonyl (C=O) groups excluding carboxylic acids is 2. The van der Waals surface area contributed by atoms with Gasteiger partial charge in [-0.05, 0) is 68.0 Å². The van der Waals surface area contributed by atoms with E-state index in [0.29, 0.717) is 37.2 Å². The molecule has 166 valence electrons. The van der Waals surface area contributed by atoms with E-state index in [2.05, 4.69) is 48.3 Å². The number of amides is 2. The molecule has 1 aliphatic carbocycles. The third kappa shape index (κ3) is 6.41. The van der Waals surface area contributed by atoms with Crippen molar-refractivity contribution < 1.29 is 9.59 Å². The molecule has 1 N–H and O–H groups in total. The fourth-order valence-corrected chi connectivity index (χ4v) is 3.77. The minimum atomic E-state index is -0.0199. The predicted octanol–water partition coefficient (Wildman–Crippen LogP) is 4.90. The quantitative estimate of drug-likeness (QED) is 0.594. The second kappa shape index (κ2) is 10.6. The third-order valence-electron chi connectivity index (χ3n) is 5.91. The maximum absolute atomic E-state index is 12.7. The summed E-state index contributed by atoms with van der Waals surface area (Å²) in [6, 6.07) is 16.4. The lowest BCUT2D eigenvalue weighted by molar-refractivity contribution is -0.117. The van der Waals surface area contributed by atoms with Crippen LogP contribution in [0.25, 0.3) is 0 Å². The highest BCUT2D eigenvalue weighted by molar-refractivity contribution is 5.96. The highest BCUT2D eigenvalue weighted by Crippen LogP contribution is 2.28. The Morgan fingerprint density at radius 2 is 1.58 bits per heavy atom. The Kier molecular flexibility index (Phi) is 7.85. The van der Waals surface area contributed by atoms with Gasteiger partial charge in [0, 0.05) is 36.9 Å². The lowest BCUT2D eigenvalue weighted by atomic mass is 10.0. The average molecular weight is 422 g/mol. The first-order chi connectivity index (χ1) is 14.9. The van der Waals surface area contributed by atoms with Crippen LogP contribution in [0.1, 0.15) is 67.9 Å². The summed E-state index contributed by atoms with van der Waals surface area (Å²) in [7, 11) is 0. The molecule has 1 fully saturated rings. The summed E-state index contributed by atoms with van der Waals surface area (Å²) in [5.41, 5.74) is 3.94.